The maximum Gasteiger partial charge on any atom is 0.341 e. The fourth-order valence-electron chi connectivity index (χ4n) is 3.15. The summed E-state index contributed by atoms with van der Waals surface area (Å²) in [6.45, 7) is 3.79. The molecule has 0 aliphatic rings. The molecule has 8 heteroatoms. The molecule has 6 nitrogen and oxygen atoms in total. The maximum atomic E-state index is 12.0. The second-order valence-corrected chi connectivity index (χ2v) is 8.52. The normalized spacial score (nSPS) is 11.9. The lowest BCUT2D eigenvalue weighted by Gasteiger charge is -2.09. The van der Waals surface area contributed by atoms with E-state index >= 15 is 0 Å². The van der Waals surface area contributed by atoms with Crippen LogP contribution in [0.2, 0.25) is 0 Å². The quantitative estimate of drug-likeness (QED) is 0.182. The van der Waals surface area contributed by atoms with E-state index in [9.17, 15) is 4.79 Å². The second kappa shape index (κ2) is 9.93. The van der Waals surface area contributed by atoms with Gasteiger partial charge in [-0.25, -0.2) is 4.79 Å². The van der Waals surface area contributed by atoms with Crippen molar-refractivity contribution in [3.05, 3.63) is 92.4 Å². The number of esters is 1. The molecule has 0 fully saturated rings. The molecule has 2 aromatic carbocycles. The highest BCUT2D eigenvalue weighted by Gasteiger charge is 2.15. The first-order valence-corrected chi connectivity index (χ1v) is 11.6. The van der Waals surface area contributed by atoms with Crippen LogP contribution in [0.15, 0.2) is 85.1 Å². The van der Waals surface area contributed by atoms with E-state index in [1.807, 2.05) is 42.5 Å². The monoisotopic (exact) mass is 509 g/mol. The Kier molecular flexibility index (Phi) is 6.82. The highest BCUT2D eigenvalue weighted by molar-refractivity contribution is 9.10. The lowest BCUT2D eigenvalue weighted by molar-refractivity contribution is 0.0524. The summed E-state index contributed by atoms with van der Waals surface area (Å²) in [5.41, 5.74) is 3.46. The summed E-state index contributed by atoms with van der Waals surface area (Å²) in [5, 5.41) is 10.7. The van der Waals surface area contributed by atoms with E-state index in [2.05, 4.69) is 48.2 Å². The van der Waals surface area contributed by atoms with E-state index in [4.69, 9.17) is 9.15 Å². The minimum absolute atomic E-state index is 0.306. The number of furan rings is 1. The van der Waals surface area contributed by atoms with Crippen molar-refractivity contribution in [3.8, 4) is 16.9 Å². The van der Waals surface area contributed by atoms with Gasteiger partial charge in [0.25, 0.3) is 0 Å². The molecule has 0 radical (unpaired) electrons. The molecule has 0 N–H and O–H groups in total. The molecule has 0 saturated carbocycles. The Morgan fingerprint density at radius 2 is 1.94 bits per heavy atom. The highest BCUT2D eigenvalue weighted by Crippen LogP contribution is 2.25. The van der Waals surface area contributed by atoms with E-state index in [-0.39, 0.29) is 0 Å². The molecule has 0 atom stereocenters. The Morgan fingerprint density at radius 3 is 2.66 bits per heavy atom. The number of carbonyl (C=O) groups excluding carboxylic acids is 1. The molecule has 4 aromatic rings. The summed E-state index contributed by atoms with van der Waals surface area (Å²) in [6.07, 6.45) is 1.49. The molecule has 0 spiro atoms. The van der Waals surface area contributed by atoms with Gasteiger partial charge in [0, 0.05) is 21.6 Å². The van der Waals surface area contributed by atoms with Gasteiger partial charge in [0.05, 0.1) is 18.5 Å². The average molecular weight is 510 g/mol. The molecular formula is C24H20BrN3O3S. The lowest BCUT2D eigenvalue weighted by Crippen LogP contribution is -2.13. The lowest BCUT2D eigenvalue weighted by atomic mass is 10.1. The van der Waals surface area contributed by atoms with E-state index in [1.165, 1.54) is 17.6 Å². The minimum atomic E-state index is -0.412. The van der Waals surface area contributed by atoms with Crippen LogP contribution in [0.4, 0.5) is 0 Å². The van der Waals surface area contributed by atoms with Gasteiger partial charge in [-0.3, -0.25) is 4.57 Å². The largest absolute Gasteiger partial charge is 0.462 e. The number of hydrogen-bond donors (Lipinski definition) is 0. The van der Waals surface area contributed by atoms with Gasteiger partial charge >= 0.3 is 5.97 Å². The minimum Gasteiger partial charge on any atom is -0.462 e. The van der Waals surface area contributed by atoms with Crippen molar-refractivity contribution in [1.82, 2.24) is 4.57 Å². The summed E-state index contributed by atoms with van der Waals surface area (Å²) in [4.78, 5) is 12.7. The zero-order valence-electron chi connectivity index (χ0n) is 17.5. The molecule has 32 heavy (non-hydrogen) atoms. The Balaban J connectivity index is 1.72. The third kappa shape index (κ3) is 4.81. The Morgan fingerprint density at radius 1 is 1.19 bits per heavy atom. The first kappa shape index (κ1) is 22.0. The van der Waals surface area contributed by atoms with Gasteiger partial charge in [0.2, 0.25) is 4.80 Å². The summed E-state index contributed by atoms with van der Waals surface area (Å²) in [7, 11) is 0. The molecule has 2 aromatic heterocycles. The molecule has 0 aliphatic carbocycles. The number of para-hydroxylation sites is 1. The number of rotatable bonds is 6. The summed E-state index contributed by atoms with van der Waals surface area (Å²) < 4.78 is 13.7. The average Bonchev–Trinajstić information content (AvgIpc) is 3.38. The van der Waals surface area contributed by atoms with Gasteiger partial charge in [-0.15, -0.1) is 16.4 Å². The molecule has 162 valence electrons. The Hall–Kier alpha value is -3.23. The van der Waals surface area contributed by atoms with Gasteiger partial charge in [-0.05, 0) is 43.7 Å². The Labute approximate surface area is 197 Å². The number of ether oxygens (including phenoxy) is 1. The number of carbonyl (C=O) groups is 1. The van der Waals surface area contributed by atoms with Crippen LogP contribution in [0.5, 0.6) is 0 Å². The molecule has 2 heterocycles. The standard InChI is InChI=1S/C24H20BrN3O3S/c1-3-30-23(29)21-13-20(31-16(21)2)14-26-27-24-28(19-7-5-4-6-8-19)22(15-32-24)17-9-11-18(25)12-10-17/h4-15H,3H2,1-2H3/b26-14+,27-24+. The smallest absolute Gasteiger partial charge is 0.341 e. The van der Waals surface area contributed by atoms with Crippen LogP contribution in [0, 0.1) is 6.92 Å². The predicted molar refractivity (Wildman–Crippen MR) is 129 cm³/mol. The summed E-state index contributed by atoms with van der Waals surface area (Å²) >= 11 is 4.98. The first-order chi connectivity index (χ1) is 15.6. The van der Waals surface area contributed by atoms with Gasteiger partial charge in [-0.2, -0.15) is 5.10 Å². The third-order valence-corrected chi connectivity index (χ3v) is 5.97. The fourth-order valence-corrected chi connectivity index (χ4v) is 4.27. The van der Waals surface area contributed by atoms with Gasteiger partial charge in [-0.1, -0.05) is 46.3 Å². The molecule has 0 bridgehead atoms. The van der Waals surface area contributed by atoms with Gasteiger partial charge in [0.1, 0.15) is 17.1 Å². The summed E-state index contributed by atoms with van der Waals surface area (Å²) in [6, 6.07) is 19.8. The number of halogens is 1. The van der Waals surface area contributed by atoms with Crippen molar-refractivity contribution in [2.45, 2.75) is 13.8 Å². The van der Waals surface area contributed by atoms with Crippen LogP contribution in [0.1, 0.15) is 28.8 Å². The van der Waals surface area contributed by atoms with Crippen molar-refractivity contribution >= 4 is 39.5 Å². The highest BCUT2D eigenvalue weighted by atomic mass is 79.9. The van der Waals surface area contributed by atoms with Crippen LogP contribution in [0.25, 0.3) is 16.9 Å². The molecule has 0 unspecified atom stereocenters. The van der Waals surface area contributed by atoms with Crippen LogP contribution >= 0.6 is 27.3 Å². The topological polar surface area (TPSA) is 69.1 Å². The van der Waals surface area contributed by atoms with Crippen LogP contribution in [-0.4, -0.2) is 23.4 Å². The van der Waals surface area contributed by atoms with Crippen molar-refractivity contribution in [2.24, 2.45) is 10.2 Å². The maximum absolute atomic E-state index is 12.0. The first-order valence-electron chi connectivity index (χ1n) is 9.93. The number of thiazole rings is 1. The van der Waals surface area contributed by atoms with Crippen molar-refractivity contribution in [2.75, 3.05) is 6.61 Å². The van der Waals surface area contributed by atoms with Crippen molar-refractivity contribution in [1.29, 1.82) is 0 Å². The van der Waals surface area contributed by atoms with Crippen LogP contribution < -0.4 is 4.80 Å². The predicted octanol–water partition coefficient (Wildman–Crippen LogP) is 5.98. The zero-order chi connectivity index (χ0) is 22.5. The zero-order valence-corrected chi connectivity index (χ0v) is 19.9. The van der Waals surface area contributed by atoms with Crippen molar-refractivity contribution < 1.29 is 13.9 Å². The van der Waals surface area contributed by atoms with E-state index in [0.29, 0.717) is 28.5 Å². The number of benzene rings is 2. The number of hydrogen-bond acceptors (Lipinski definition) is 6. The van der Waals surface area contributed by atoms with Gasteiger partial charge < -0.3 is 9.15 Å². The molecule has 4 rings (SSSR count). The molecular weight excluding hydrogens is 490 g/mol. The number of nitrogens with zero attached hydrogens (tertiary/aromatic N) is 3. The van der Waals surface area contributed by atoms with E-state index < -0.39 is 5.97 Å². The van der Waals surface area contributed by atoms with Gasteiger partial charge in [0.15, 0.2) is 0 Å². The second-order valence-electron chi connectivity index (χ2n) is 6.77. The van der Waals surface area contributed by atoms with Crippen LogP contribution in [0.3, 0.4) is 0 Å². The SMILES string of the molecule is CCOC(=O)c1cc(/C=N/N=c2/scc(-c3ccc(Br)cc3)n2-c2ccccc2)oc1C. The third-order valence-electron chi connectivity index (χ3n) is 4.62. The molecule has 0 saturated heterocycles. The Bertz CT molecular complexity index is 1320. The fraction of sp³-hybridized carbons (Fsp3) is 0.125. The van der Waals surface area contributed by atoms with Crippen molar-refractivity contribution in [3.63, 3.8) is 0 Å². The summed E-state index contributed by atoms with van der Waals surface area (Å²) in [5.74, 6) is 0.507. The number of aromatic nitrogens is 1. The van der Waals surface area contributed by atoms with E-state index in [1.54, 1.807) is 19.9 Å². The van der Waals surface area contributed by atoms with E-state index in [0.717, 1.165) is 21.4 Å². The van der Waals surface area contributed by atoms with Crippen LogP contribution in [-0.2, 0) is 4.74 Å². The number of aryl methyl sites for hydroxylation is 1. The molecule has 0 amide bonds. The molecule has 0 aliphatic heterocycles.